The highest BCUT2D eigenvalue weighted by atomic mass is 19.1. The number of aliphatic hydroxyl groups excluding tert-OH is 1. The fourth-order valence-electron chi connectivity index (χ4n) is 4.16. The number of methoxy groups -OCH3 is 1. The second-order valence-electron chi connectivity index (χ2n) is 7.27. The zero-order valence-corrected chi connectivity index (χ0v) is 15.8. The van der Waals surface area contributed by atoms with Gasteiger partial charge in [0.05, 0.1) is 13.7 Å². The molecule has 0 amide bonds. The highest BCUT2D eigenvalue weighted by Crippen LogP contribution is 2.39. The van der Waals surface area contributed by atoms with E-state index in [2.05, 4.69) is 15.1 Å². The van der Waals surface area contributed by atoms with Gasteiger partial charge in [-0.15, -0.1) is 0 Å². The van der Waals surface area contributed by atoms with Gasteiger partial charge < -0.3 is 9.84 Å². The predicted octanol–water partition coefficient (Wildman–Crippen LogP) is 3.43. The van der Waals surface area contributed by atoms with Crippen molar-refractivity contribution in [2.75, 3.05) is 20.2 Å². The Hall–Kier alpha value is -2.70. The van der Waals surface area contributed by atoms with Crippen LogP contribution in [0.1, 0.15) is 34.2 Å². The van der Waals surface area contributed by atoms with E-state index in [1.807, 2.05) is 36.4 Å². The van der Waals surface area contributed by atoms with Gasteiger partial charge in [-0.25, -0.2) is 4.39 Å². The standard InChI is InChI=1S/C22H24FN3O2/c1-28-22-7-2-15(10-17(22)14-27)11-26-12-19(16-3-5-18(23)6-4-16)20(13-26)21-8-9-24-25-21/h2-10,19-20,27H,11-14H2,1H3,(H,24,25)/t19-,20+/m0/s1. The molecule has 0 saturated carbocycles. The van der Waals surface area contributed by atoms with Crippen LogP contribution in [-0.2, 0) is 13.2 Å². The summed E-state index contributed by atoms with van der Waals surface area (Å²) in [6.45, 7) is 2.48. The van der Waals surface area contributed by atoms with E-state index in [4.69, 9.17) is 4.74 Å². The van der Waals surface area contributed by atoms with Gasteiger partial charge in [0.25, 0.3) is 0 Å². The fraction of sp³-hybridized carbons (Fsp3) is 0.318. The summed E-state index contributed by atoms with van der Waals surface area (Å²) in [7, 11) is 1.61. The maximum absolute atomic E-state index is 13.4. The minimum atomic E-state index is -0.216. The van der Waals surface area contributed by atoms with Crippen LogP contribution in [0.2, 0.25) is 0 Å². The van der Waals surface area contributed by atoms with Gasteiger partial charge in [-0.3, -0.25) is 10.00 Å². The van der Waals surface area contributed by atoms with Crippen LogP contribution >= 0.6 is 0 Å². The summed E-state index contributed by atoms with van der Waals surface area (Å²) in [6.07, 6.45) is 1.77. The van der Waals surface area contributed by atoms with Crippen LogP contribution in [0.5, 0.6) is 5.75 Å². The molecule has 1 fully saturated rings. The molecule has 4 rings (SSSR count). The Morgan fingerprint density at radius 2 is 1.93 bits per heavy atom. The van der Waals surface area contributed by atoms with Gasteiger partial charge in [-0.2, -0.15) is 5.10 Å². The average Bonchev–Trinajstić information content (AvgIpc) is 3.38. The van der Waals surface area contributed by atoms with Crippen LogP contribution in [0.15, 0.2) is 54.7 Å². The third-order valence-corrected chi connectivity index (χ3v) is 5.54. The lowest BCUT2D eigenvalue weighted by Crippen LogP contribution is -2.20. The Bertz CT molecular complexity index is 912. The van der Waals surface area contributed by atoms with Gasteiger partial charge in [0.2, 0.25) is 0 Å². The molecule has 146 valence electrons. The minimum Gasteiger partial charge on any atom is -0.496 e. The van der Waals surface area contributed by atoms with Crippen molar-refractivity contribution in [3.05, 3.63) is 82.9 Å². The number of nitrogens with zero attached hydrogens (tertiary/aromatic N) is 2. The van der Waals surface area contributed by atoms with Crippen molar-refractivity contribution in [3.63, 3.8) is 0 Å². The number of nitrogens with one attached hydrogen (secondary N) is 1. The van der Waals surface area contributed by atoms with Crippen LogP contribution in [0, 0.1) is 5.82 Å². The van der Waals surface area contributed by atoms with Crippen molar-refractivity contribution in [1.82, 2.24) is 15.1 Å². The number of hydrogen-bond donors (Lipinski definition) is 2. The van der Waals surface area contributed by atoms with Crippen molar-refractivity contribution in [2.45, 2.75) is 25.0 Å². The van der Waals surface area contributed by atoms with Gasteiger partial charge in [0, 0.05) is 48.9 Å². The summed E-state index contributed by atoms with van der Waals surface area (Å²) in [5.41, 5.74) is 4.16. The number of aromatic amines is 1. The van der Waals surface area contributed by atoms with Crippen molar-refractivity contribution in [1.29, 1.82) is 0 Å². The third-order valence-electron chi connectivity index (χ3n) is 5.54. The summed E-state index contributed by atoms with van der Waals surface area (Å²) in [6, 6.07) is 14.8. The predicted molar refractivity (Wildman–Crippen MR) is 105 cm³/mol. The molecule has 5 nitrogen and oxygen atoms in total. The van der Waals surface area contributed by atoms with Crippen molar-refractivity contribution >= 4 is 0 Å². The summed E-state index contributed by atoms with van der Waals surface area (Å²) in [5, 5.41) is 16.8. The molecule has 1 saturated heterocycles. The van der Waals surface area contributed by atoms with Crippen LogP contribution < -0.4 is 4.74 Å². The number of rotatable bonds is 6. The normalized spacial score (nSPS) is 19.8. The summed E-state index contributed by atoms with van der Waals surface area (Å²) in [5.74, 6) is 1.01. The SMILES string of the molecule is COc1ccc(CN2C[C@@H](c3ccc(F)cc3)[C@H](c3ccn[nH]3)C2)cc1CO. The van der Waals surface area contributed by atoms with Gasteiger partial charge in [0.15, 0.2) is 0 Å². The zero-order valence-electron chi connectivity index (χ0n) is 15.8. The molecule has 2 atom stereocenters. The van der Waals surface area contributed by atoms with Gasteiger partial charge in [-0.05, 0) is 41.5 Å². The first kappa shape index (κ1) is 18.7. The highest BCUT2D eigenvalue weighted by Gasteiger charge is 2.35. The molecule has 0 unspecified atom stereocenters. The molecule has 2 heterocycles. The van der Waals surface area contributed by atoms with E-state index in [1.54, 1.807) is 13.3 Å². The monoisotopic (exact) mass is 381 g/mol. The van der Waals surface area contributed by atoms with Gasteiger partial charge in [0.1, 0.15) is 11.6 Å². The van der Waals surface area contributed by atoms with E-state index in [-0.39, 0.29) is 24.3 Å². The molecule has 1 aliphatic heterocycles. The molecule has 0 aliphatic carbocycles. The maximum Gasteiger partial charge on any atom is 0.124 e. The van der Waals surface area contributed by atoms with E-state index >= 15 is 0 Å². The Labute approximate surface area is 163 Å². The molecule has 28 heavy (non-hydrogen) atoms. The first-order chi connectivity index (χ1) is 13.7. The molecular formula is C22H24FN3O2. The van der Waals surface area contributed by atoms with E-state index in [0.717, 1.165) is 42.0 Å². The molecule has 1 aliphatic rings. The van der Waals surface area contributed by atoms with E-state index in [9.17, 15) is 9.50 Å². The smallest absolute Gasteiger partial charge is 0.124 e. The molecule has 0 spiro atoms. The maximum atomic E-state index is 13.4. The second-order valence-corrected chi connectivity index (χ2v) is 7.27. The highest BCUT2D eigenvalue weighted by molar-refractivity contribution is 5.37. The summed E-state index contributed by atoms with van der Waals surface area (Å²) < 4.78 is 18.7. The molecule has 2 aromatic carbocycles. The van der Waals surface area contributed by atoms with Crippen molar-refractivity contribution < 1.29 is 14.2 Å². The molecule has 3 aromatic rings. The quantitative estimate of drug-likeness (QED) is 0.687. The Balaban J connectivity index is 1.57. The molecule has 2 N–H and O–H groups in total. The largest absolute Gasteiger partial charge is 0.496 e. The summed E-state index contributed by atoms with van der Waals surface area (Å²) in [4.78, 5) is 2.39. The third kappa shape index (κ3) is 3.79. The summed E-state index contributed by atoms with van der Waals surface area (Å²) >= 11 is 0. The van der Waals surface area contributed by atoms with Crippen LogP contribution in [0.25, 0.3) is 0 Å². The Morgan fingerprint density at radius 3 is 2.61 bits per heavy atom. The van der Waals surface area contributed by atoms with Crippen LogP contribution in [-0.4, -0.2) is 40.4 Å². The van der Waals surface area contributed by atoms with Crippen LogP contribution in [0.3, 0.4) is 0 Å². The van der Waals surface area contributed by atoms with Gasteiger partial charge >= 0.3 is 0 Å². The first-order valence-electron chi connectivity index (χ1n) is 9.41. The molecule has 6 heteroatoms. The number of aliphatic hydroxyl groups is 1. The fourth-order valence-corrected chi connectivity index (χ4v) is 4.16. The van der Waals surface area contributed by atoms with E-state index < -0.39 is 0 Å². The average molecular weight is 381 g/mol. The number of aromatic nitrogens is 2. The molecular weight excluding hydrogens is 357 g/mol. The van der Waals surface area contributed by atoms with E-state index in [0.29, 0.717) is 5.75 Å². The number of H-pyrrole nitrogens is 1. The van der Waals surface area contributed by atoms with Crippen LogP contribution in [0.4, 0.5) is 4.39 Å². The Kier molecular flexibility index (Phi) is 5.41. The molecule has 0 radical (unpaired) electrons. The lowest BCUT2D eigenvalue weighted by atomic mass is 9.87. The Morgan fingerprint density at radius 1 is 1.14 bits per heavy atom. The molecule has 0 bridgehead atoms. The van der Waals surface area contributed by atoms with Crippen molar-refractivity contribution in [2.24, 2.45) is 0 Å². The number of ether oxygens (including phenoxy) is 1. The van der Waals surface area contributed by atoms with Crippen molar-refractivity contribution in [3.8, 4) is 5.75 Å². The minimum absolute atomic E-state index is 0.0496. The number of benzene rings is 2. The zero-order chi connectivity index (χ0) is 19.5. The number of likely N-dealkylation sites (tertiary alicyclic amines) is 1. The lowest BCUT2D eigenvalue weighted by Gasteiger charge is -2.17. The number of halogens is 1. The molecule has 1 aromatic heterocycles. The lowest BCUT2D eigenvalue weighted by molar-refractivity contribution is 0.273. The second kappa shape index (κ2) is 8.12. The first-order valence-corrected chi connectivity index (χ1v) is 9.41. The van der Waals surface area contributed by atoms with Gasteiger partial charge in [-0.1, -0.05) is 18.2 Å². The number of hydrogen-bond acceptors (Lipinski definition) is 4. The van der Waals surface area contributed by atoms with E-state index in [1.165, 1.54) is 12.1 Å². The topological polar surface area (TPSA) is 61.4 Å².